The Labute approximate surface area is 71.1 Å². The van der Waals surface area contributed by atoms with Crippen LogP contribution < -0.4 is 4.74 Å². The minimum absolute atomic E-state index is 0.300. The average Bonchev–Trinajstić information content (AvgIpc) is 2.63. The van der Waals surface area contributed by atoms with E-state index in [0.29, 0.717) is 6.10 Å². The van der Waals surface area contributed by atoms with Crippen molar-refractivity contribution in [2.75, 3.05) is 20.1 Å². The third-order valence-corrected chi connectivity index (χ3v) is 2.06. The maximum Gasteiger partial charge on any atom is 0.179 e. The smallest absolute Gasteiger partial charge is 0.179 e. The highest BCUT2D eigenvalue weighted by atomic mass is 16.5. The van der Waals surface area contributed by atoms with Crippen LogP contribution >= 0.6 is 0 Å². The fourth-order valence-corrected chi connectivity index (χ4v) is 1.44. The van der Waals surface area contributed by atoms with Gasteiger partial charge in [-0.3, -0.25) is 0 Å². The zero-order valence-corrected chi connectivity index (χ0v) is 7.06. The Morgan fingerprint density at radius 2 is 2.67 bits per heavy atom. The molecule has 2 heterocycles. The van der Waals surface area contributed by atoms with Crippen molar-refractivity contribution in [1.29, 1.82) is 0 Å². The first-order chi connectivity index (χ1) is 5.84. The first-order valence-corrected chi connectivity index (χ1v) is 4.09. The Kier molecular flexibility index (Phi) is 1.99. The van der Waals surface area contributed by atoms with Crippen molar-refractivity contribution in [3.63, 3.8) is 0 Å². The quantitative estimate of drug-likeness (QED) is 0.653. The van der Waals surface area contributed by atoms with Crippen LogP contribution in [-0.4, -0.2) is 36.3 Å². The van der Waals surface area contributed by atoms with Crippen LogP contribution in [-0.2, 0) is 0 Å². The second-order valence-electron chi connectivity index (χ2n) is 3.15. The van der Waals surface area contributed by atoms with E-state index in [4.69, 9.17) is 4.74 Å². The number of rotatable bonds is 2. The molecule has 4 nitrogen and oxygen atoms in total. The summed E-state index contributed by atoms with van der Waals surface area (Å²) in [6.07, 6.45) is 4.51. The number of likely N-dealkylation sites (tertiary alicyclic amines) is 1. The van der Waals surface area contributed by atoms with Gasteiger partial charge in [-0.25, -0.2) is 0 Å². The Morgan fingerprint density at radius 3 is 3.25 bits per heavy atom. The first-order valence-electron chi connectivity index (χ1n) is 4.09. The van der Waals surface area contributed by atoms with Crippen molar-refractivity contribution in [2.24, 2.45) is 0 Å². The van der Waals surface area contributed by atoms with Gasteiger partial charge >= 0.3 is 0 Å². The molecule has 1 saturated heterocycles. The van der Waals surface area contributed by atoms with Gasteiger partial charge in [-0.2, -0.15) is 0 Å². The largest absolute Gasteiger partial charge is 0.484 e. The normalized spacial score (nSPS) is 24.6. The van der Waals surface area contributed by atoms with Crippen LogP contribution in [0.4, 0.5) is 0 Å². The summed E-state index contributed by atoms with van der Waals surface area (Å²) < 4.78 is 10.3. The summed E-state index contributed by atoms with van der Waals surface area (Å²) in [6, 6.07) is 0. The first kappa shape index (κ1) is 7.61. The van der Waals surface area contributed by atoms with Crippen LogP contribution in [0.25, 0.3) is 0 Å². The molecule has 1 aromatic rings. The van der Waals surface area contributed by atoms with Crippen LogP contribution in [0.2, 0.25) is 0 Å². The number of ether oxygens (including phenoxy) is 1. The molecule has 4 heteroatoms. The minimum atomic E-state index is 0.300. The molecule has 1 aliphatic rings. The highest BCUT2D eigenvalue weighted by molar-refractivity contribution is 5.09. The Morgan fingerprint density at radius 1 is 1.75 bits per heavy atom. The third kappa shape index (κ3) is 1.58. The Bertz CT molecular complexity index is 235. The van der Waals surface area contributed by atoms with Gasteiger partial charge < -0.3 is 14.2 Å². The van der Waals surface area contributed by atoms with E-state index in [-0.39, 0.29) is 0 Å². The van der Waals surface area contributed by atoms with E-state index in [1.807, 2.05) is 0 Å². The summed E-state index contributed by atoms with van der Waals surface area (Å²) in [5, 5.41) is 3.57. The van der Waals surface area contributed by atoms with Gasteiger partial charge in [0.2, 0.25) is 0 Å². The number of nitrogens with zero attached hydrogens (tertiary/aromatic N) is 2. The summed E-state index contributed by atoms with van der Waals surface area (Å²) in [6.45, 7) is 2.10. The average molecular weight is 168 g/mol. The van der Waals surface area contributed by atoms with Gasteiger partial charge in [0.25, 0.3) is 0 Å². The summed E-state index contributed by atoms with van der Waals surface area (Å²) >= 11 is 0. The zero-order chi connectivity index (χ0) is 8.39. The second kappa shape index (κ2) is 3.15. The van der Waals surface area contributed by atoms with Gasteiger partial charge in [-0.15, -0.1) is 0 Å². The number of likely N-dealkylation sites (N-methyl/N-ethyl adjacent to an activating group) is 1. The molecule has 12 heavy (non-hydrogen) atoms. The molecule has 1 aromatic heterocycles. The van der Waals surface area contributed by atoms with Crippen LogP contribution in [0.5, 0.6) is 5.75 Å². The number of hydrogen-bond donors (Lipinski definition) is 0. The molecule has 0 aromatic carbocycles. The van der Waals surface area contributed by atoms with E-state index >= 15 is 0 Å². The van der Waals surface area contributed by atoms with E-state index < -0.39 is 0 Å². The molecule has 0 saturated carbocycles. The minimum Gasteiger partial charge on any atom is -0.484 e. The lowest BCUT2D eigenvalue weighted by Gasteiger charge is -2.10. The third-order valence-electron chi connectivity index (χ3n) is 2.06. The summed E-state index contributed by atoms with van der Waals surface area (Å²) in [5.74, 6) is 0.732. The lowest BCUT2D eigenvalue weighted by molar-refractivity contribution is 0.206. The van der Waals surface area contributed by atoms with Crippen molar-refractivity contribution in [1.82, 2.24) is 10.1 Å². The molecule has 1 unspecified atom stereocenters. The number of aromatic nitrogens is 1. The second-order valence-corrected chi connectivity index (χ2v) is 3.15. The van der Waals surface area contributed by atoms with Gasteiger partial charge in [-0.1, -0.05) is 5.16 Å². The van der Waals surface area contributed by atoms with E-state index in [1.165, 1.54) is 6.26 Å². The molecule has 0 spiro atoms. The van der Waals surface area contributed by atoms with Crippen molar-refractivity contribution in [2.45, 2.75) is 12.5 Å². The Balaban J connectivity index is 1.88. The SMILES string of the molecule is CN1CCC(Oc2cnoc2)C1. The van der Waals surface area contributed by atoms with Crippen LogP contribution in [0.1, 0.15) is 6.42 Å². The summed E-state index contributed by atoms with van der Waals surface area (Å²) in [7, 11) is 2.09. The molecule has 0 N–H and O–H groups in total. The molecule has 0 radical (unpaired) electrons. The van der Waals surface area contributed by atoms with E-state index in [9.17, 15) is 0 Å². The van der Waals surface area contributed by atoms with Crippen molar-refractivity contribution in [3.8, 4) is 5.75 Å². The fourth-order valence-electron chi connectivity index (χ4n) is 1.44. The Hall–Kier alpha value is -1.03. The summed E-state index contributed by atoms with van der Waals surface area (Å²) in [5.41, 5.74) is 0. The van der Waals surface area contributed by atoms with E-state index in [0.717, 1.165) is 25.3 Å². The lowest BCUT2D eigenvalue weighted by atomic mass is 10.3. The van der Waals surface area contributed by atoms with Gasteiger partial charge in [-0.05, 0) is 13.5 Å². The van der Waals surface area contributed by atoms with E-state index in [2.05, 4.69) is 21.6 Å². The monoisotopic (exact) mass is 168 g/mol. The number of hydrogen-bond acceptors (Lipinski definition) is 4. The van der Waals surface area contributed by atoms with Crippen molar-refractivity contribution < 1.29 is 9.26 Å². The molecule has 66 valence electrons. The van der Waals surface area contributed by atoms with Gasteiger partial charge in [0.15, 0.2) is 12.0 Å². The topological polar surface area (TPSA) is 38.5 Å². The molecule has 1 atom stereocenters. The van der Waals surface area contributed by atoms with Gasteiger partial charge in [0, 0.05) is 13.1 Å². The highest BCUT2D eigenvalue weighted by Crippen LogP contribution is 2.16. The standard InChI is InChI=1S/C8H12N2O2/c1-10-3-2-7(5-10)12-8-4-9-11-6-8/h4,6-7H,2-3,5H2,1H3. The van der Waals surface area contributed by atoms with Gasteiger partial charge in [0.05, 0.1) is 0 Å². The lowest BCUT2D eigenvalue weighted by Crippen LogP contribution is -2.21. The molecule has 0 bridgehead atoms. The maximum absolute atomic E-state index is 5.59. The molecule has 0 amide bonds. The molecule has 2 rings (SSSR count). The van der Waals surface area contributed by atoms with E-state index in [1.54, 1.807) is 6.20 Å². The molecular formula is C8H12N2O2. The van der Waals surface area contributed by atoms with Gasteiger partial charge in [0.1, 0.15) is 12.3 Å². The van der Waals surface area contributed by atoms with Crippen molar-refractivity contribution >= 4 is 0 Å². The maximum atomic E-state index is 5.59. The molecule has 1 aliphatic heterocycles. The zero-order valence-electron chi connectivity index (χ0n) is 7.06. The molecule has 1 fully saturated rings. The van der Waals surface area contributed by atoms with Crippen molar-refractivity contribution in [3.05, 3.63) is 12.5 Å². The van der Waals surface area contributed by atoms with Crippen LogP contribution in [0.15, 0.2) is 17.0 Å². The molecular weight excluding hydrogens is 156 g/mol. The highest BCUT2D eigenvalue weighted by Gasteiger charge is 2.21. The van der Waals surface area contributed by atoms with Crippen LogP contribution in [0.3, 0.4) is 0 Å². The fraction of sp³-hybridized carbons (Fsp3) is 0.625. The predicted molar refractivity (Wildman–Crippen MR) is 43.0 cm³/mol. The molecule has 0 aliphatic carbocycles. The van der Waals surface area contributed by atoms with Crippen LogP contribution in [0, 0.1) is 0 Å². The predicted octanol–water partition coefficient (Wildman–Crippen LogP) is 0.757. The summed E-state index contributed by atoms with van der Waals surface area (Å²) in [4.78, 5) is 2.25.